The van der Waals surface area contributed by atoms with Crippen molar-refractivity contribution in [1.29, 1.82) is 0 Å². The molecule has 132 valence electrons. The highest BCUT2D eigenvalue weighted by molar-refractivity contribution is 8.03. The van der Waals surface area contributed by atoms with Gasteiger partial charge in [0.1, 0.15) is 5.54 Å². The first-order valence-corrected chi connectivity index (χ1v) is 9.62. The number of carbonyl (C=O) groups excluding carboxylic acids is 1. The summed E-state index contributed by atoms with van der Waals surface area (Å²) in [5.41, 5.74) is 14.3. The smallest absolute Gasteiger partial charge is 0.238 e. The largest absolute Gasteiger partial charge is 0.399 e. The van der Waals surface area contributed by atoms with Crippen LogP contribution in [0.25, 0.3) is 0 Å². The molecule has 1 unspecified atom stereocenters. The summed E-state index contributed by atoms with van der Waals surface area (Å²) in [6.07, 6.45) is 4.03. The van der Waals surface area contributed by atoms with Crippen LogP contribution in [-0.2, 0) is 4.79 Å². The highest BCUT2D eigenvalue weighted by Gasteiger charge is 2.67. The van der Waals surface area contributed by atoms with E-state index in [0.29, 0.717) is 11.9 Å². The highest BCUT2D eigenvalue weighted by atomic mass is 32.2. The van der Waals surface area contributed by atoms with E-state index in [9.17, 15) is 4.79 Å². The quantitative estimate of drug-likeness (QED) is 0.798. The molecule has 1 aliphatic carbocycles. The van der Waals surface area contributed by atoms with Crippen LogP contribution in [0, 0.1) is 12.3 Å². The van der Waals surface area contributed by atoms with Crippen molar-refractivity contribution in [3.63, 3.8) is 0 Å². The summed E-state index contributed by atoms with van der Waals surface area (Å²) >= 11 is 1.80. The fourth-order valence-electron chi connectivity index (χ4n) is 4.00. The second-order valence-electron chi connectivity index (χ2n) is 7.55. The Morgan fingerprint density at radius 2 is 2.04 bits per heavy atom. The van der Waals surface area contributed by atoms with Gasteiger partial charge in [-0.25, -0.2) is 4.99 Å². The van der Waals surface area contributed by atoms with Crippen molar-refractivity contribution in [2.24, 2.45) is 16.1 Å². The third-order valence-electron chi connectivity index (χ3n) is 6.06. The Morgan fingerprint density at radius 3 is 2.68 bits per heavy atom. The predicted octanol–water partition coefficient (Wildman–Crippen LogP) is 2.62. The van der Waals surface area contributed by atoms with Gasteiger partial charge in [0.05, 0.1) is 5.41 Å². The van der Waals surface area contributed by atoms with Gasteiger partial charge in [-0.05, 0) is 43.9 Å². The van der Waals surface area contributed by atoms with E-state index >= 15 is 0 Å². The molecule has 1 fully saturated rings. The Hall–Kier alpha value is -1.95. The van der Waals surface area contributed by atoms with E-state index in [1.807, 2.05) is 6.92 Å². The number of aliphatic imine (C=N–C) groups is 1. The van der Waals surface area contributed by atoms with E-state index in [4.69, 9.17) is 16.5 Å². The molecule has 5 nitrogen and oxygen atoms in total. The molecule has 2 aliphatic heterocycles. The van der Waals surface area contributed by atoms with E-state index in [-0.39, 0.29) is 5.91 Å². The average molecular weight is 356 g/mol. The number of nitrogens with two attached hydrogens (primary N) is 2. The number of nitrogen functional groups attached to an aromatic ring is 1. The average Bonchev–Trinajstić information content (AvgIpc) is 3.24. The third-order valence-corrected chi connectivity index (χ3v) is 7.43. The summed E-state index contributed by atoms with van der Waals surface area (Å²) in [5, 5.41) is 0. The van der Waals surface area contributed by atoms with Crippen LogP contribution in [0.15, 0.2) is 34.2 Å². The van der Waals surface area contributed by atoms with Crippen molar-refractivity contribution in [3.05, 3.63) is 40.3 Å². The first-order valence-electron chi connectivity index (χ1n) is 8.63. The monoisotopic (exact) mass is 356 g/mol. The number of amides is 1. The Balaban J connectivity index is 1.72. The number of guanidine groups is 1. The lowest BCUT2D eigenvalue weighted by Crippen LogP contribution is -2.56. The molecule has 1 saturated carbocycles. The lowest BCUT2D eigenvalue weighted by atomic mass is 9.79. The van der Waals surface area contributed by atoms with Gasteiger partial charge in [0.25, 0.3) is 0 Å². The minimum atomic E-state index is -0.545. The normalized spacial score (nSPS) is 30.4. The summed E-state index contributed by atoms with van der Waals surface area (Å²) in [4.78, 5) is 20.3. The molecule has 1 amide bonds. The van der Waals surface area contributed by atoms with Gasteiger partial charge in [-0.2, -0.15) is 0 Å². The van der Waals surface area contributed by atoms with Crippen molar-refractivity contribution in [3.8, 4) is 0 Å². The van der Waals surface area contributed by atoms with Gasteiger partial charge in [-0.15, -0.1) is 11.8 Å². The fourth-order valence-corrected chi connectivity index (χ4v) is 5.43. The maximum absolute atomic E-state index is 12.8. The number of benzene rings is 1. The number of aryl methyl sites for hydroxylation is 1. The lowest BCUT2D eigenvalue weighted by molar-refractivity contribution is -0.134. The molecule has 1 aromatic rings. The van der Waals surface area contributed by atoms with Crippen molar-refractivity contribution >= 4 is 29.3 Å². The van der Waals surface area contributed by atoms with E-state index in [1.165, 1.54) is 15.4 Å². The van der Waals surface area contributed by atoms with E-state index in [1.54, 1.807) is 18.8 Å². The van der Waals surface area contributed by atoms with Gasteiger partial charge in [0.2, 0.25) is 5.91 Å². The molecule has 3 aliphatic rings. The second kappa shape index (κ2) is 5.27. The zero-order valence-corrected chi connectivity index (χ0v) is 15.7. The molecule has 2 atom stereocenters. The number of allylic oxidation sites excluding steroid dienone is 1. The maximum Gasteiger partial charge on any atom is 0.238 e. The molecule has 4 N–H and O–H groups in total. The number of rotatable bonds is 2. The molecule has 25 heavy (non-hydrogen) atoms. The number of anilines is 1. The van der Waals surface area contributed by atoms with Crippen LogP contribution in [0.2, 0.25) is 0 Å². The zero-order valence-electron chi connectivity index (χ0n) is 14.9. The minimum absolute atomic E-state index is 0.104. The number of hydrogen-bond donors (Lipinski definition) is 2. The van der Waals surface area contributed by atoms with Crippen LogP contribution >= 0.6 is 11.8 Å². The predicted molar refractivity (Wildman–Crippen MR) is 103 cm³/mol. The van der Waals surface area contributed by atoms with Gasteiger partial charge in [0, 0.05) is 29.3 Å². The number of hydrogen-bond acceptors (Lipinski definition) is 5. The topological polar surface area (TPSA) is 84.7 Å². The molecule has 0 bridgehead atoms. The van der Waals surface area contributed by atoms with Crippen molar-refractivity contribution in [1.82, 2.24) is 4.90 Å². The van der Waals surface area contributed by atoms with Crippen LogP contribution in [0.4, 0.5) is 5.69 Å². The first kappa shape index (κ1) is 16.5. The summed E-state index contributed by atoms with van der Waals surface area (Å²) in [7, 11) is 1.72. The first-order chi connectivity index (χ1) is 11.8. The number of nitrogens with zero attached hydrogens (tertiary/aromatic N) is 2. The van der Waals surface area contributed by atoms with Crippen LogP contribution in [-0.4, -0.2) is 35.1 Å². The van der Waals surface area contributed by atoms with Crippen molar-refractivity contribution in [2.75, 3.05) is 18.5 Å². The standard InChI is InChI=1S/C19H24N4OS/c1-11-4-5-12(8-14(11)20)13-9-15(25-10-13)18(2)19(6-7-19)16(24)23(3)17(21)22-18/h4-5,8-9,13H,6-7,10,20H2,1-3H3,(H2,21,22)/t13?,18-/m1/s1. The van der Waals surface area contributed by atoms with Gasteiger partial charge >= 0.3 is 0 Å². The molecule has 1 aromatic carbocycles. The van der Waals surface area contributed by atoms with E-state index < -0.39 is 11.0 Å². The number of thioether (sulfide) groups is 1. The second-order valence-corrected chi connectivity index (χ2v) is 8.61. The molecule has 4 rings (SSSR count). The Kier molecular flexibility index (Phi) is 3.48. The molecular weight excluding hydrogens is 332 g/mol. The van der Waals surface area contributed by atoms with Gasteiger partial charge < -0.3 is 11.5 Å². The van der Waals surface area contributed by atoms with E-state index in [0.717, 1.165) is 29.8 Å². The minimum Gasteiger partial charge on any atom is -0.399 e. The van der Waals surface area contributed by atoms with Crippen LogP contribution in [0.3, 0.4) is 0 Å². The summed E-state index contributed by atoms with van der Waals surface area (Å²) in [5.74, 6) is 1.66. The Bertz CT molecular complexity index is 827. The highest BCUT2D eigenvalue weighted by Crippen LogP contribution is 2.63. The molecular formula is C19H24N4OS. The fraction of sp³-hybridized carbons (Fsp3) is 0.474. The lowest BCUT2D eigenvalue weighted by Gasteiger charge is -2.41. The van der Waals surface area contributed by atoms with Crippen molar-refractivity contribution < 1.29 is 4.79 Å². The van der Waals surface area contributed by atoms with Gasteiger partial charge in [-0.1, -0.05) is 18.2 Å². The molecule has 0 saturated heterocycles. The molecule has 0 aromatic heterocycles. The van der Waals surface area contributed by atoms with Crippen LogP contribution in [0.5, 0.6) is 0 Å². The molecule has 2 heterocycles. The summed E-state index contributed by atoms with van der Waals surface area (Å²) < 4.78 is 0. The Morgan fingerprint density at radius 1 is 1.32 bits per heavy atom. The molecule has 0 radical (unpaired) electrons. The molecule has 6 heteroatoms. The van der Waals surface area contributed by atoms with Crippen LogP contribution in [0.1, 0.15) is 36.8 Å². The molecule has 1 spiro atoms. The van der Waals surface area contributed by atoms with Crippen LogP contribution < -0.4 is 11.5 Å². The third kappa shape index (κ3) is 2.23. The van der Waals surface area contributed by atoms with Gasteiger partial charge in [-0.3, -0.25) is 9.69 Å². The van der Waals surface area contributed by atoms with E-state index in [2.05, 4.69) is 31.2 Å². The SMILES string of the molecule is Cc1ccc(C2C=C([C@@]3(C)N=C(N)N(C)C(=O)C34CC4)SC2)cc1N. The van der Waals surface area contributed by atoms with Gasteiger partial charge in [0.15, 0.2) is 5.96 Å². The summed E-state index contributed by atoms with van der Waals surface area (Å²) in [6.45, 7) is 4.09. The zero-order chi connectivity index (χ0) is 18.0. The summed E-state index contributed by atoms with van der Waals surface area (Å²) in [6, 6.07) is 6.27. The maximum atomic E-state index is 12.8. The Labute approximate surface area is 152 Å². The van der Waals surface area contributed by atoms with Crippen molar-refractivity contribution in [2.45, 2.75) is 38.1 Å². The number of carbonyl (C=O) groups is 1.